The second-order valence-electron chi connectivity index (χ2n) is 8.59. The van der Waals surface area contributed by atoms with E-state index in [0.717, 1.165) is 29.5 Å². The highest BCUT2D eigenvalue weighted by Gasteiger charge is 2.26. The molecule has 0 saturated carbocycles. The third-order valence-corrected chi connectivity index (χ3v) is 7.88. The van der Waals surface area contributed by atoms with Gasteiger partial charge in [0.05, 0.1) is 17.7 Å². The van der Waals surface area contributed by atoms with Crippen LogP contribution in [0.1, 0.15) is 34.7 Å². The summed E-state index contributed by atoms with van der Waals surface area (Å²) in [6.07, 6.45) is 6.80. The molecule has 1 aliphatic heterocycles. The van der Waals surface area contributed by atoms with Crippen molar-refractivity contribution in [3.05, 3.63) is 84.3 Å². The minimum atomic E-state index is -3.75. The summed E-state index contributed by atoms with van der Waals surface area (Å²) in [6, 6.07) is 15.2. The Morgan fingerprint density at radius 1 is 1.06 bits per heavy atom. The van der Waals surface area contributed by atoms with Crippen LogP contribution in [0.3, 0.4) is 0 Å². The fraction of sp³-hybridized carbons (Fsp3) is 0.231. The molecule has 0 unspecified atom stereocenters. The quantitative estimate of drug-likeness (QED) is 0.417. The number of carbonyl (C=O) groups is 1. The zero-order chi connectivity index (χ0) is 24.4. The lowest BCUT2D eigenvalue weighted by atomic mass is 9.89. The summed E-state index contributed by atoms with van der Waals surface area (Å²) in [6.45, 7) is 1.29. The van der Waals surface area contributed by atoms with Gasteiger partial charge < -0.3 is 14.6 Å². The zero-order valence-corrected chi connectivity index (χ0v) is 20.1. The molecule has 2 N–H and O–H groups in total. The van der Waals surface area contributed by atoms with Gasteiger partial charge in [0.1, 0.15) is 5.75 Å². The number of aromatic amines is 1. The van der Waals surface area contributed by atoms with Crippen molar-refractivity contribution in [3.63, 3.8) is 0 Å². The van der Waals surface area contributed by atoms with E-state index in [9.17, 15) is 13.2 Å². The maximum absolute atomic E-state index is 13.1. The van der Waals surface area contributed by atoms with E-state index in [1.807, 2.05) is 17.0 Å². The number of rotatable bonds is 6. The predicted octanol–water partition coefficient (Wildman–Crippen LogP) is 4.39. The second-order valence-corrected chi connectivity index (χ2v) is 10.3. The maximum Gasteiger partial charge on any atom is 0.261 e. The number of likely N-dealkylation sites (tertiary alicyclic amines) is 1. The van der Waals surface area contributed by atoms with Gasteiger partial charge in [-0.3, -0.25) is 14.5 Å². The summed E-state index contributed by atoms with van der Waals surface area (Å²) >= 11 is 0. The molecule has 1 aliphatic rings. The van der Waals surface area contributed by atoms with Crippen LogP contribution in [0.5, 0.6) is 5.75 Å². The number of hydrogen-bond acceptors (Lipinski definition) is 5. The summed E-state index contributed by atoms with van der Waals surface area (Å²) in [5.41, 5.74) is 3.23. The van der Waals surface area contributed by atoms with E-state index < -0.39 is 10.0 Å². The number of anilines is 1. The molecular formula is C26H26N4O4S. The summed E-state index contributed by atoms with van der Waals surface area (Å²) < 4.78 is 33.1. The van der Waals surface area contributed by atoms with E-state index in [-0.39, 0.29) is 10.8 Å². The highest BCUT2D eigenvalue weighted by atomic mass is 32.2. The second kappa shape index (κ2) is 9.42. The number of benzene rings is 2. The Labute approximate surface area is 204 Å². The number of pyridine rings is 1. The highest BCUT2D eigenvalue weighted by molar-refractivity contribution is 7.92. The standard InChI is InChI=1S/C26H26N4O4S/c1-34-21-4-7-25-23(16-21)24(17-28-25)18-10-14-30(15-11-18)26(31)19-2-5-22(6-3-19)35(32,33)29-20-8-12-27-13-9-20/h2-9,12-13,16-18,28H,10-11,14-15H2,1H3,(H,27,29). The molecule has 2 aromatic carbocycles. The maximum atomic E-state index is 13.1. The zero-order valence-electron chi connectivity index (χ0n) is 19.3. The molecule has 4 aromatic rings. The number of amides is 1. The van der Waals surface area contributed by atoms with Gasteiger partial charge in [0, 0.05) is 48.1 Å². The Morgan fingerprint density at radius 2 is 1.77 bits per heavy atom. The molecule has 1 saturated heterocycles. The Hall–Kier alpha value is -3.85. The molecule has 3 heterocycles. The van der Waals surface area contributed by atoms with Gasteiger partial charge >= 0.3 is 0 Å². The van der Waals surface area contributed by atoms with Crippen molar-refractivity contribution in [2.75, 3.05) is 24.9 Å². The molecule has 0 atom stereocenters. The summed E-state index contributed by atoms with van der Waals surface area (Å²) in [5, 5.41) is 1.16. The van der Waals surface area contributed by atoms with Gasteiger partial charge in [-0.25, -0.2) is 8.42 Å². The first-order valence-corrected chi connectivity index (χ1v) is 12.9. The molecule has 180 valence electrons. The SMILES string of the molecule is COc1ccc2[nH]cc(C3CCN(C(=O)c4ccc(S(=O)(=O)Nc5ccncc5)cc4)CC3)c2c1. The summed E-state index contributed by atoms with van der Waals surface area (Å²) in [7, 11) is -2.09. The molecule has 0 aliphatic carbocycles. The topological polar surface area (TPSA) is 104 Å². The van der Waals surface area contributed by atoms with Crippen LogP contribution in [0.25, 0.3) is 10.9 Å². The number of aromatic nitrogens is 2. The van der Waals surface area contributed by atoms with Gasteiger partial charge in [-0.15, -0.1) is 0 Å². The van der Waals surface area contributed by atoms with Crippen molar-refractivity contribution in [1.29, 1.82) is 0 Å². The van der Waals surface area contributed by atoms with E-state index in [1.165, 1.54) is 30.1 Å². The first-order chi connectivity index (χ1) is 16.9. The van der Waals surface area contributed by atoms with E-state index in [2.05, 4.69) is 27.0 Å². The van der Waals surface area contributed by atoms with Crippen LogP contribution < -0.4 is 9.46 Å². The monoisotopic (exact) mass is 490 g/mol. The fourth-order valence-electron chi connectivity index (χ4n) is 4.57. The lowest BCUT2D eigenvalue weighted by Crippen LogP contribution is -2.37. The molecule has 5 rings (SSSR count). The summed E-state index contributed by atoms with van der Waals surface area (Å²) in [4.78, 5) is 22.2. The normalized spacial score (nSPS) is 14.7. The Bertz CT molecular complexity index is 1440. The Balaban J connectivity index is 1.24. The van der Waals surface area contributed by atoms with Gasteiger partial charge in [0.2, 0.25) is 0 Å². The van der Waals surface area contributed by atoms with Crippen molar-refractivity contribution in [2.45, 2.75) is 23.7 Å². The molecule has 8 nitrogen and oxygen atoms in total. The molecule has 9 heteroatoms. The predicted molar refractivity (Wildman–Crippen MR) is 134 cm³/mol. The van der Waals surface area contributed by atoms with E-state index in [4.69, 9.17) is 4.74 Å². The summed E-state index contributed by atoms with van der Waals surface area (Å²) in [5.74, 6) is 1.09. The minimum Gasteiger partial charge on any atom is -0.497 e. The number of ether oxygens (including phenoxy) is 1. The molecule has 2 aromatic heterocycles. The number of fused-ring (bicyclic) bond motifs is 1. The van der Waals surface area contributed by atoms with Gasteiger partial charge in [-0.2, -0.15) is 0 Å². The average molecular weight is 491 g/mol. The van der Waals surface area contributed by atoms with Crippen molar-refractivity contribution < 1.29 is 17.9 Å². The molecule has 0 bridgehead atoms. The van der Waals surface area contributed by atoms with Crippen LogP contribution in [-0.2, 0) is 10.0 Å². The largest absolute Gasteiger partial charge is 0.497 e. The first kappa shape index (κ1) is 22.9. The lowest BCUT2D eigenvalue weighted by molar-refractivity contribution is 0.0713. The lowest BCUT2D eigenvalue weighted by Gasteiger charge is -2.32. The van der Waals surface area contributed by atoms with Crippen LogP contribution in [0, 0.1) is 0 Å². The van der Waals surface area contributed by atoms with Crippen LogP contribution in [0.15, 0.2) is 78.1 Å². The Morgan fingerprint density at radius 3 is 2.46 bits per heavy atom. The highest BCUT2D eigenvalue weighted by Crippen LogP contribution is 2.35. The van der Waals surface area contributed by atoms with Crippen LogP contribution >= 0.6 is 0 Å². The van der Waals surface area contributed by atoms with Gasteiger partial charge in [0.25, 0.3) is 15.9 Å². The number of methoxy groups -OCH3 is 1. The first-order valence-electron chi connectivity index (χ1n) is 11.4. The number of carbonyl (C=O) groups excluding carboxylic acids is 1. The minimum absolute atomic E-state index is 0.0879. The number of H-pyrrole nitrogens is 1. The third-order valence-electron chi connectivity index (χ3n) is 6.49. The average Bonchev–Trinajstić information content (AvgIpc) is 3.32. The van der Waals surface area contributed by atoms with E-state index in [0.29, 0.717) is 30.3 Å². The number of nitrogens with one attached hydrogen (secondary N) is 2. The number of sulfonamides is 1. The van der Waals surface area contributed by atoms with Crippen LogP contribution in [0.2, 0.25) is 0 Å². The number of nitrogens with zero attached hydrogens (tertiary/aromatic N) is 2. The van der Waals surface area contributed by atoms with Crippen molar-refractivity contribution in [3.8, 4) is 5.75 Å². The van der Waals surface area contributed by atoms with E-state index >= 15 is 0 Å². The molecular weight excluding hydrogens is 464 g/mol. The van der Waals surface area contributed by atoms with Crippen molar-refractivity contribution in [2.24, 2.45) is 0 Å². The molecule has 0 radical (unpaired) electrons. The van der Waals surface area contributed by atoms with Crippen molar-refractivity contribution in [1.82, 2.24) is 14.9 Å². The van der Waals surface area contributed by atoms with Gasteiger partial charge in [-0.1, -0.05) is 0 Å². The van der Waals surface area contributed by atoms with Gasteiger partial charge in [-0.05, 0) is 78.9 Å². The molecule has 1 amide bonds. The molecule has 0 spiro atoms. The Kier molecular flexibility index (Phi) is 6.17. The van der Waals surface area contributed by atoms with E-state index in [1.54, 1.807) is 31.4 Å². The molecule has 35 heavy (non-hydrogen) atoms. The number of piperidine rings is 1. The molecule has 1 fully saturated rings. The van der Waals surface area contributed by atoms with Crippen molar-refractivity contribution >= 4 is 32.5 Å². The number of hydrogen-bond donors (Lipinski definition) is 2. The fourth-order valence-corrected chi connectivity index (χ4v) is 5.63. The van der Waals surface area contributed by atoms with Crippen LogP contribution in [0.4, 0.5) is 5.69 Å². The smallest absolute Gasteiger partial charge is 0.261 e. The van der Waals surface area contributed by atoms with Crippen LogP contribution in [-0.4, -0.2) is 49.4 Å². The third kappa shape index (κ3) is 4.72. The van der Waals surface area contributed by atoms with Gasteiger partial charge in [0.15, 0.2) is 0 Å².